The van der Waals surface area contributed by atoms with Crippen LogP contribution >= 0.6 is 27.3 Å². The molecule has 4 heteroatoms. The number of aromatic nitrogens is 1. The molecular weight excluding hydrogens is 332 g/mol. The summed E-state index contributed by atoms with van der Waals surface area (Å²) in [6, 6.07) is 14.1. The van der Waals surface area contributed by atoms with Gasteiger partial charge in [-0.1, -0.05) is 40.2 Å². The lowest BCUT2D eigenvalue weighted by molar-refractivity contribution is 1.38. The first-order chi connectivity index (χ1) is 9.63. The second-order valence-electron chi connectivity index (χ2n) is 4.64. The average molecular weight is 345 g/mol. The minimum Gasteiger partial charge on any atom is -0.399 e. The smallest absolute Gasteiger partial charge is 0.125 e. The fraction of sp³-hybridized carbons (Fsp3) is 0.0625. The van der Waals surface area contributed by atoms with Crippen molar-refractivity contribution in [2.24, 2.45) is 0 Å². The highest BCUT2D eigenvalue weighted by molar-refractivity contribution is 9.10. The molecule has 0 amide bonds. The highest BCUT2D eigenvalue weighted by atomic mass is 79.9. The molecule has 3 aromatic rings. The second kappa shape index (κ2) is 5.38. The number of hydrogen-bond donors (Lipinski definition) is 1. The van der Waals surface area contributed by atoms with Gasteiger partial charge in [0.25, 0.3) is 0 Å². The van der Waals surface area contributed by atoms with Crippen molar-refractivity contribution in [1.29, 1.82) is 0 Å². The lowest BCUT2D eigenvalue weighted by Crippen LogP contribution is -1.85. The van der Waals surface area contributed by atoms with Crippen molar-refractivity contribution in [1.82, 2.24) is 4.98 Å². The van der Waals surface area contributed by atoms with Crippen LogP contribution in [0.3, 0.4) is 0 Å². The van der Waals surface area contributed by atoms with E-state index < -0.39 is 0 Å². The van der Waals surface area contributed by atoms with Crippen molar-refractivity contribution in [2.75, 3.05) is 5.73 Å². The van der Waals surface area contributed by atoms with Gasteiger partial charge in [-0.2, -0.15) is 0 Å². The Hall–Kier alpha value is -1.65. The van der Waals surface area contributed by atoms with E-state index in [-0.39, 0.29) is 0 Å². The standard InChI is InChI=1S/C16H13BrN2S/c1-10-2-7-13(14(17)8-10)16-19-15(9-20-16)11-3-5-12(18)6-4-11/h2-9H,18H2,1H3. The molecule has 0 unspecified atom stereocenters. The number of nitrogens with zero attached hydrogens (tertiary/aromatic N) is 1. The topological polar surface area (TPSA) is 38.9 Å². The molecule has 0 saturated heterocycles. The number of thiazole rings is 1. The minimum absolute atomic E-state index is 0.769. The lowest BCUT2D eigenvalue weighted by atomic mass is 10.1. The Morgan fingerprint density at radius 1 is 1.10 bits per heavy atom. The van der Waals surface area contributed by atoms with E-state index >= 15 is 0 Å². The molecule has 0 aliphatic carbocycles. The molecule has 1 heterocycles. The maximum absolute atomic E-state index is 5.71. The fourth-order valence-electron chi connectivity index (χ4n) is 1.98. The molecule has 20 heavy (non-hydrogen) atoms. The van der Waals surface area contributed by atoms with Gasteiger partial charge in [0.15, 0.2) is 0 Å². The van der Waals surface area contributed by atoms with Crippen molar-refractivity contribution < 1.29 is 0 Å². The molecule has 2 aromatic carbocycles. The van der Waals surface area contributed by atoms with Crippen LogP contribution in [0.5, 0.6) is 0 Å². The van der Waals surface area contributed by atoms with Gasteiger partial charge in [0.05, 0.1) is 5.69 Å². The normalized spacial score (nSPS) is 10.7. The van der Waals surface area contributed by atoms with Gasteiger partial charge in [-0.05, 0) is 30.7 Å². The number of hydrogen-bond acceptors (Lipinski definition) is 3. The Balaban J connectivity index is 1.99. The SMILES string of the molecule is Cc1ccc(-c2nc(-c3ccc(N)cc3)cs2)c(Br)c1. The molecule has 0 atom stereocenters. The summed E-state index contributed by atoms with van der Waals surface area (Å²) >= 11 is 5.26. The van der Waals surface area contributed by atoms with E-state index in [4.69, 9.17) is 10.7 Å². The van der Waals surface area contributed by atoms with Crippen molar-refractivity contribution >= 4 is 33.0 Å². The second-order valence-corrected chi connectivity index (χ2v) is 6.36. The number of nitrogens with two attached hydrogens (primary N) is 1. The van der Waals surface area contributed by atoms with Gasteiger partial charge in [-0.25, -0.2) is 4.98 Å². The highest BCUT2D eigenvalue weighted by Gasteiger charge is 2.09. The first kappa shape index (κ1) is 13.3. The molecule has 0 spiro atoms. The summed E-state index contributed by atoms with van der Waals surface area (Å²) in [5.74, 6) is 0. The molecular formula is C16H13BrN2S. The highest BCUT2D eigenvalue weighted by Crippen LogP contribution is 2.33. The summed E-state index contributed by atoms with van der Waals surface area (Å²) in [5.41, 5.74) is 10.9. The van der Waals surface area contributed by atoms with E-state index in [0.717, 1.165) is 32.0 Å². The summed E-state index contributed by atoms with van der Waals surface area (Å²) < 4.78 is 1.08. The van der Waals surface area contributed by atoms with E-state index in [9.17, 15) is 0 Å². The van der Waals surface area contributed by atoms with Gasteiger partial charge in [-0.15, -0.1) is 11.3 Å². The van der Waals surface area contributed by atoms with Crippen LogP contribution in [0.1, 0.15) is 5.56 Å². The molecule has 0 radical (unpaired) electrons. The zero-order valence-corrected chi connectivity index (χ0v) is 13.3. The zero-order valence-electron chi connectivity index (χ0n) is 10.9. The summed E-state index contributed by atoms with van der Waals surface area (Å²) in [4.78, 5) is 4.72. The van der Waals surface area contributed by atoms with Crippen LogP contribution in [0, 0.1) is 6.92 Å². The van der Waals surface area contributed by atoms with Gasteiger partial charge in [-0.3, -0.25) is 0 Å². The van der Waals surface area contributed by atoms with Crippen LogP contribution in [0.15, 0.2) is 52.3 Å². The lowest BCUT2D eigenvalue weighted by Gasteiger charge is -2.02. The quantitative estimate of drug-likeness (QED) is 0.654. The predicted molar refractivity (Wildman–Crippen MR) is 89.8 cm³/mol. The summed E-state index contributed by atoms with van der Waals surface area (Å²) in [6.07, 6.45) is 0. The summed E-state index contributed by atoms with van der Waals surface area (Å²) in [6.45, 7) is 2.08. The monoisotopic (exact) mass is 344 g/mol. The van der Waals surface area contributed by atoms with Gasteiger partial charge < -0.3 is 5.73 Å². The molecule has 0 aliphatic heterocycles. The Bertz CT molecular complexity index is 747. The zero-order chi connectivity index (χ0) is 14.1. The van der Waals surface area contributed by atoms with E-state index in [1.807, 2.05) is 24.3 Å². The maximum atomic E-state index is 5.71. The Morgan fingerprint density at radius 2 is 1.85 bits per heavy atom. The Labute approximate surface area is 130 Å². The third kappa shape index (κ3) is 2.62. The molecule has 0 aliphatic rings. The van der Waals surface area contributed by atoms with Crippen molar-refractivity contribution in [3.63, 3.8) is 0 Å². The maximum Gasteiger partial charge on any atom is 0.125 e. The number of halogens is 1. The average Bonchev–Trinajstić information content (AvgIpc) is 2.89. The third-order valence-corrected chi connectivity index (χ3v) is 4.60. The molecule has 0 bridgehead atoms. The van der Waals surface area contributed by atoms with Crippen molar-refractivity contribution in [2.45, 2.75) is 6.92 Å². The largest absolute Gasteiger partial charge is 0.399 e. The minimum atomic E-state index is 0.769. The molecule has 1 aromatic heterocycles. The number of aryl methyl sites for hydroxylation is 1. The third-order valence-electron chi connectivity index (χ3n) is 3.07. The first-order valence-corrected chi connectivity index (χ1v) is 7.89. The van der Waals surface area contributed by atoms with Gasteiger partial charge in [0.2, 0.25) is 0 Å². The van der Waals surface area contributed by atoms with Gasteiger partial charge in [0, 0.05) is 26.7 Å². The van der Waals surface area contributed by atoms with Crippen molar-refractivity contribution in [3.05, 3.63) is 57.9 Å². The number of nitrogen functional groups attached to an aromatic ring is 1. The van der Waals surface area contributed by atoms with Crippen LogP contribution < -0.4 is 5.73 Å². The van der Waals surface area contributed by atoms with Gasteiger partial charge in [0.1, 0.15) is 5.01 Å². The molecule has 100 valence electrons. The van der Waals surface area contributed by atoms with E-state index in [0.29, 0.717) is 0 Å². The van der Waals surface area contributed by atoms with Crippen LogP contribution in [-0.2, 0) is 0 Å². The fourth-order valence-corrected chi connectivity index (χ4v) is 3.66. The molecule has 3 rings (SSSR count). The Kier molecular flexibility index (Phi) is 3.59. The number of anilines is 1. The summed E-state index contributed by atoms with van der Waals surface area (Å²) in [5, 5.41) is 3.09. The molecule has 2 N–H and O–H groups in total. The molecule has 0 fully saturated rings. The van der Waals surface area contributed by atoms with E-state index in [1.54, 1.807) is 11.3 Å². The van der Waals surface area contributed by atoms with Crippen LogP contribution in [0.2, 0.25) is 0 Å². The van der Waals surface area contributed by atoms with E-state index in [1.165, 1.54) is 5.56 Å². The number of benzene rings is 2. The Morgan fingerprint density at radius 3 is 2.55 bits per heavy atom. The van der Waals surface area contributed by atoms with Crippen LogP contribution in [0.25, 0.3) is 21.8 Å². The van der Waals surface area contributed by atoms with E-state index in [2.05, 4.69) is 46.4 Å². The van der Waals surface area contributed by atoms with Crippen LogP contribution in [0.4, 0.5) is 5.69 Å². The summed E-state index contributed by atoms with van der Waals surface area (Å²) in [7, 11) is 0. The molecule has 2 nitrogen and oxygen atoms in total. The first-order valence-electron chi connectivity index (χ1n) is 6.21. The predicted octanol–water partition coefficient (Wildman–Crippen LogP) is 5.13. The van der Waals surface area contributed by atoms with Crippen LogP contribution in [-0.4, -0.2) is 4.98 Å². The van der Waals surface area contributed by atoms with Crippen molar-refractivity contribution in [3.8, 4) is 21.8 Å². The van der Waals surface area contributed by atoms with Gasteiger partial charge >= 0.3 is 0 Å². The molecule has 0 saturated carbocycles. The number of rotatable bonds is 2.